The van der Waals surface area contributed by atoms with Crippen molar-refractivity contribution in [1.29, 1.82) is 0 Å². The zero-order valence-electron chi connectivity index (χ0n) is 23.1. The van der Waals surface area contributed by atoms with Crippen molar-refractivity contribution in [2.24, 2.45) is 7.05 Å². The van der Waals surface area contributed by atoms with Crippen LogP contribution in [0.5, 0.6) is 0 Å². The monoisotopic (exact) mass is 523 g/mol. The van der Waals surface area contributed by atoms with Gasteiger partial charge in [-0.25, -0.2) is 9.37 Å². The Morgan fingerprint density at radius 1 is 1.15 bits per heavy atom. The molecule has 0 radical (unpaired) electrons. The molecule has 0 atom stereocenters. The number of allylic oxidation sites excluding steroid dienone is 1. The van der Waals surface area contributed by atoms with E-state index < -0.39 is 0 Å². The number of nitrogens with one attached hydrogen (secondary N) is 2. The van der Waals surface area contributed by atoms with Gasteiger partial charge in [0.2, 0.25) is 0 Å². The fourth-order valence-corrected chi connectivity index (χ4v) is 4.94. The van der Waals surface area contributed by atoms with Gasteiger partial charge in [-0.05, 0) is 88.3 Å². The van der Waals surface area contributed by atoms with Gasteiger partial charge in [-0.3, -0.25) is 10.1 Å². The van der Waals surface area contributed by atoms with E-state index >= 15 is 0 Å². The summed E-state index contributed by atoms with van der Waals surface area (Å²) in [5.74, 6) is 0.680. The van der Waals surface area contributed by atoms with Crippen LogP contribution in [0.2, 0.25) is 0 Å². The van der Waals surface area contributed by atoms with E-state index in [0.717, 1.165) is 86.0 Å². The molecule has 2 N–H and O–H groups in total. The van der Waals surface area contributed by atoms with Gasteiger partial charge in [0.15, 0.2) is 0 Å². The Balaban J connectivity index is 1.58. The first kappa shape index (κ1) is 26.3. The number of nitrogens with zero attached hydrogens (tertiary/aromatic N) is 5. The molecule has 0 amide bonds. The number of benzene rings is 1. The normalized spacial score (nSPS) is 12.8. The maximum absolute atomic E-state index is 14.7. The fraction of sp³-hybridized carbons (Fsp3) is 0.258. The van der Waals surface area contributed by atoms with Crippen molar-refractivity contribution in [3.63, 3.8) is 0 Å². The fourth-order valence-electron chi connectivity index (χ4n) is 4.94. The molecule has 1 aromatic carbocycles. The van der Waals surface area contributed by atoms with E-state index in [1.807, 2.05) is 57.9 Å². The number of H-pyrrole nitrogens is 2. The van der Waals surface area contributed by atoms with Crippen LogP contribution in [0.4, 0.5) is 4.39 Å². The summed E-state index contributed by atoms with van der Waals surface area (Å²) in [6.07, 6.45) is 11.2. The Morgan fingerprint density at radius 3 is 2.69 bits per heavy atom. The Bertz CT molecular complexity index is 1790. The van der Waals surface area contributed by atoms with Crippen LogP contribution in [0.25, 0.3) is 51.1 Å². The first-order valence-electron chi connectivity index (χ1n) is 13.1. The Hall–Kier alpha value is -4.30. The van der Waals surface area contributed by atoms with Crippen LogP contribution < -0.4 is 10.6 Å². The zero-order valence-corrected chi connectivity index (χ0v) is 23.1. The Labute approximate surface area is 227 Å². The minimum absolute atomic E-state index is 0.239. The quantitative estimate of drug-likeness (QED) is 0.312. The maximum Gasteiger partial charge on any atom is 0.124 e. The highest BCUT2D eigenvalue weighted by Gasteiger charge is 2.15. The van der Waals surface area contributed by atoms with Crippen molar-refractivity contribution < 1.29 is 4.39 Å². The number of rotatable bonds is 8. The second kappa shape index (κ2) is 10.8. The predicted molar refractivity (Wildman–Crippen MR) is 157 cm³/mol. The third-order valence-electron chi connectivity index (χ3n) is 7.13. The summed E-state index contributed by atoms with van der Waals surface area (Å²) in [4.78, 5) is 14.5. The van der Waals surface area contributed by atoms with Crippen molar-refractivity contribution in [3.05, 3.63) is 82.9 Å². The highest BCUT2D eigenvalue weighted by atomic mass is 19.1. The lowest BCUT2D eigenvalue weighted by Crippen LogP contribution is -2.23. The molecule has 0 aliphatic carbocycles. The molecule has 4 heterocycles. The summed E-state index contributed by atoms with van der Waals surface area (Å²) in [5.41, 5.74) is 6.92. The van der Waals surface area contributed by atoms with Crippen LogP contribution in [0.15, 0.2) is 49.4 Å². The lowest BCUT2D eigenvalue weighted by atomic mass is 9.99. The maximum atomic E-state index is 14.7. The summed E-state index contributed by atoms with van der Waals surface area (Å²) in [7, 11) is 6.07. The summed E-state index contributed by atoms with van der Waals surface area (Å²) < 4.78 is 16.7. The van der Waals surface area contributed by atoms with Crippen molar-refractivity contribution in [3.8, 4) is 22.5 Å². The van der Waals surface area contributed by atoms with Crippen LogP contribution in [0.1, 0.15) is 30.4 Å². The van der Waals surface area contributed by atoms with Gasteiger partial charge in [0.05, 0.1) is 34.6 Å². The van der Waals surface area contributed by atoms with Crippen LogP contribution in [-0.2, 0) is 13.5 Å². The molecule has 7 nitrogen and oxygen atoms in total. The molecule has 0 aliphatic rings. The summed E-state index contributed by atoms with van der Waals surface area (Å²) in [6, 6.07) is 7.34. The number of aromatic amines is 2. The molecule has 0 fully saturated rings. The summed E-state index contributed by atoms with van der Waals surface area (Å²) in [6.45, 7) is 9.19. The Morgan fingerprint density at radius 2 is 1.97 bits per heavy atom. The van der Waals surface area contributed by atoms with E-state index in [1.165, 1.54) is 0 Å². The summed E-state index contributed by atoms with van der Waals surface area (Å²) >= 11 is 0. The number of hydrogen-bond donors (Lipinski definition) is 2. The molecule has 39 heavy (non-hydrogen) atoms. The molecule has 5 rings (SSSR count). The molecular weight excluding hydrogens is 489 g/mol. The predicted octanol–water partition coefficient (Wildman–Crippen LogP) is 4.59. The number of aryl methyl sites for hydroxylation is 2. The van der Waals surface area contributed by atoms with Crippen molar-refractivity contribution in [2.75, 3.05) is 20.6 Å². The lowest BCUT2D eigenvalue weighted by molar-refractivity contribution is 0.400. The number of imidazole rings is 1. The smallest absolute Gasteiger partial charge is 0.124 e. The van der Waals surface area contributed by atoms with Gasteiger partial charge < -0.3 is 14.5 Å². The van der Waals surface area contributed by atoms with Gasteiger partial charge in [-0.15, -0.1) is 0 Å². The number of aromatic nitrogens is 6. The molecule has 0 saturated carbocycles. The third kappa shape index (κ3) is 5.33. The topological polar surface area (TPSA) is 78.4 Å². The van der Waals surface area contributed by atoms with Crippen LogP contribution in [-0.4, -0.2) is 55.3 Å². The van der Waals surface area contributed by atoms with Gasteiger partial charge in [0, 0.05) is 29.4 Å². The molecule has 200 valence electrons. The van der Waals surface area contributed by atoms with Gasteiger partial charge in [0.1, 0.15) is 17.3 Å². The molecule has 0 bridgehead atoms. The molecule has 0 saturated heterocycles. The third-order valence-corrected chi connectivity index (χ3v) is 7.13. The first-order chi connectivity index (χ1) is 18.7. The first-order valence-corrected chi connectivity index (χ1v) is 13.1. The van der Waals surface area contributed by atoms with Crippen molar-refractivity contribution in [2.45, 2.75) is 26.7 Å². The minimum Gasteiger partial charge on any atom is -0.352 e. The van der Waals surface area contributed by atoms with Gasteiger partial charge in [0.25, 0.3) is 0 Å². The van der Waals surface area contributed by atoms with Gasteiger partial charge in [-0.1, -0.05) is 18.7 Å². The van der Waals surface area contributed by atoms with Crippen LogP contribution in [0, 0.1) is 12.7 Å². The second-order valence-corrected chi connectivity index (χ2v) is 10.2. The highest BCUT2D eigenvalue weighted by molar-refractivity contribution is 5.97. The standard InChI is InChI=1S/C31H34FN7/c1-7-27-25(11-19(2)30-18-34-20(3)39(30)6)31(37-36-27)28-15-24-26(16-33-17-29(24)35-28)22-12-21(13-23(32)14-22)9-8-10-38(4)5/h7,11-18,35-36H,2,8-10H2,1,3-6H3/b25-11+,27-7+. The SMILES string of the molecule is C=C(/C=c1/c(-c2cc3c(-c4cc(F)cc(CCCN(C)C)c4)cncc3[nH]2)n[nH]/c1=C/C)c1cnc(C)n1C. The number of fused-ring (bicyclic) bond motifs is 1. The average Bonchev–Trinajstić information content (AvgIpc) is 3.60. The largest absolute Gasteiger partial charge is 0.352 e. The van der Waals surface area contributed by atoms with E-state index in [2.05, 4.69) is 48.8 Å². The van der Waals surface area contributed by atoms with E-state index in [9.17, 15) is 4.39 Å². The van der Waals surface area contributed by atoms with Crippen LogP contribution >= 0.6 is 0 Å². The highest BCUT2D eigenvalue weighted by Crippen LogP contribution is 2.31. The molecule has 0 spiro atoms. The minimum atomic E-state index is -0.239. The van der Waals surface area contributed by atoms with Gasteiger partial charge in [-0.2, -0.15) is 5.10 Å². The van der Waals surface area contributed by atoms with Crippen LogP contribution in [0.3, 0.4) is 0 Å². The average molecular weight is 524 g/mol. The number of halogens is 1. The number of hydrogen-bond acceptors (Lipinski definition) is 4. The van der Waals surface area contributed by atoms with E-state index in [4.69, 9.17) is 0 Å². The molecular formula is C31H34FN7. The second-order valence-electron chi connectivity index (χ2n) is 10.2. The van der Waals surface area contributed by atoms with Gasteiger partial charge >= 0.3 is 0 Å². The molecule has 4 aromatic heterocycles. The lowest BCUT2D eigenvalue weighted by Gasteiger charge is -2.10. The van der Waals surface area contributed by atoms with Crippen molar-refractivity contribution >= 4 is 28.6 Å². The van der Waals surface area contributed by atoms with Crippen molar-refractivity contribution in [1.82, 2.24) is 34.6 Å². The molecule has 0 unspecified atom stereocenters. The number of pyridine rings is 1. The zero-order chi connectivity index (χ0) is 27.7. The molecule has 0 aliphatic heterocycles. The van der Waals surface area contributed by atoms with E-state index in [-0.39, 0.29) is 5.82 Å². The molecule has 5 aromatic rings. The van der Waals surface area contributed by atoms with E-state index in [1.54, 1.807) is 24.5 Å². The van der Waals surface area contributed by atoms with E-state index in [0.29, 0.717) is 0 Å². The summed E-state index contributed by atoms with van der Waals surface area (Å²) in [5, 5.41) is 10.6. The Kier molecular flexibility index (Phi) is 7.30. The molecule has 8 heteroatoms.